The number of nitrogens with zero attached hydrogens (tertiary/aromatic N) is 1. The molecule has 1 aromatic carbocycles. The van der Waals surface area contributed by atoms with Crippen LogP contribution in [0.1, 0.15) is 30.2 Å². The molecule has 1 unspecified atom stereocenters. The lowest BCUT2D eigenvalue weighted by Crippen LogP contribution is -2.21. The van der Waals surface area contributed by atoms with Gasteiger partial charge in [-0.05, 0) is 25.0 Å². The van der Waals surface area contributed by atoms with Crippen LogP contribution in [0.15, 0.2) is 18.2 Å². The molecule has 2 rings (SSSR count). The van der Waals surface area contributed by atoms with Gasteiger partial charge < -0.3 is 4.98 Å². The molecule has 1 atom stereocenters. The third-order valence-corrected chi connectivity index (χ3v) is 3.57. The molecule has 4 nitrogen and oxygen atoms in total. The molecular formula is C14H18N2O2. The zero-order valence-corrected chi connectivity index (χ0v) is 11.0. The van der Waals surface area contributed by atoms with E-state index < -0.39 is 6.04 Å². The van der Waals surface area contributed by atoms with Crippen molar-refractivity contribution < 1.29 is 4.92 Å². The third-order valence-electron chi connectivity index (χ3n) is 3.57. The number of rotatable bonds is 4. The lowest BCUT2D eigenvalue weighted by molar-refractivity contribution is -0.522. The van der Waals surface area contributed by atoms with Crippen molar-refractivity contribution in [3.05, 3.63) is 45.1 Å². The van der Waals surface area contributed by atoms with Crippen molar-refractivity contribution in [2.24, 2.45) is 0 Å². The Bertz CT molecular complexity index is 587. The largest absolute Gasteiger partial charge is 0.358 e. The molecular weight excluding hydrogens is 228 g/mol. The van der Waals surface area contributed by atoms with Crippen LogP contribution in [-0.2, 0) is 6.42 Å². The Morgan fingerprint density at radius 2 is 2.11 bits per heavy atom. The van der Waals surface area contributed by atoms with E-state index in [0.717, 1.165) is 22.2 Å². The van der Waals surface area contributed by atoms with E-state index in [9.17, 15) is 10.1 Å². The topological polar surface area (TPSA) is 58.9 Å². The fourth-order valence-corrected chi connectivity index (χ4v) is 2.42. The number of nitrogens with one attached hydrogen (secondary N) is 1. The standard InChI is InChI=1S/C14H18N2O2/c1-4-11(16(17)18)8-13-10(3)15-14-9(2)6-5-7-12(13)14/h5-7,11,15H,4,8H2,1-3H3. The number of hydrogen-bond acceptors (Lipinski definition) is 2. The van der Waals surface area contributed by atoms with Gasteiger partial charge in [0.15, 0.2) is 0 Å². The number of H-pyrrole nitrogens is 1. The molecule has 4 heteroatoms. The van der Waals surface area contributed by atoms with Gasteiger partial charge in [-0.15, -0.1) is 0 Å². The number of nitro groups is 1. The summed E-state index contributed by atoms with van der Waals surface area (Å²) in [6.07, 6.45) is 1.06. The van der Waals surface area contributed by atoms with Crippen molar-refractivity contribution in [2.75, 3.05) is 0 Å². The van der Waals surface area contributed by atoms with Gasteiger partial charge in [0.2, 0.25) is 6.04 Å². The van der Waals surface area contributed by atoms with Crippen molar-refractivity contribution in [3.63, 3.8) is 0 Å². The van der Waals surface area contributed by atoms with Crippen molar-refractivity contribution in [3.8, 4) is 0 Å². The number of fused-ring (bicyclic) bond motifs is 1. The van der Waals surface area contributed by atoms with Crippen LogP contribution in [0.2, 0.25) is 0 Å². The Morgan fingerprint density at radius 1 is 1.39 bits per heavy atom. The molecule has 1 N–H and O–H groups in total. The van der Waals surface area contributed by atoms with Gasteiger partial charge in [0.1, 0.15) is 0 Å². The van der Waals surface area contributed by atoms with E-state index >= 15 is 0 Å². The molecule has 0 fully saturated rings. The van der Waals surface area contributed by atoms with Crippen LogP contribution in [-0.4, -0.2) is 15.9 Å². The first kappa shape index (κ1) is 12.6. The van der Waals surface area contributed by atoms with Gasteiger partial charge in [-0.1, -0.05) is 25.1 Å². The number of benzene rings is 1. The second-order valence-electron chi connectivity index (χ2n) is 4.78. The second-order valence-corrected chi connectivity index (χ2v) is 4.78. The summed E-state index contributed by atoms with van der Waals surface area (Å²) in [5.74, 6) is 0. The second kappa shape index (κ2) is 4.80. The fraction of sp³-hybridized carbons (Fsp3) is 0.429. The molecule has 0 bridgehead atoms. The van der Waals surface area contributed by atoms with E-state index in [1.165, 1.54) is 5.56 Å². The van der Waals surface area contributed by atoms with Gasteiger partial charge in [-0.2, -0.15) is 0 Å². The molecule has 0 aliphatic heterocycles. The number of aryl methyl sites for hydroxylation is 2. The van der Waals surface area contributed by atoms with Crippen LogP contribution in [0.4, 0.5) is 0 Å². The molecule has 0 aliphatic rings. The average Bonchev–Trinajstić information content (AvgIpc) is 2.64. The highest BCUT2D eigenvalue weighted by molar-refractivity contribution is 5.87. The summed E-state index contributed by atoms with van der Waals surface area (Å²) in [4.78, 5) is 14.1. The Labute approximate surface area is 106 Å². The molecule has 96 valence electrons. The van der Waals surface area contributed by atoms with E-state index in [0.29, 0.717) is 12.8 Å². The SMILES string of the molecule is CCC(Cc1c(C)[nH]c2c(C)cccc12)[N+](=O)[O-]. The lowest BCUT2D eigenvalue weighted by atomic mass is 10.0. The van der Waals surface area contributed by atoms with Gasteiger partial charge in [0, 0.05) is 34.4 Å². The van der Waals surface area contributed by atoms with Crippen molar-refractivity contribution in [1.29, 1.82) is 0 Å². The van der Waals surface area contributed by atoms with Gasteiger partial charge >= 0.3 is 0 Å². The third kappa shape index (κ3) is 2.10. The van der Waals surface area contributed by atoms with Crippen LogP contribution < -0.4 is 0 Å². The van der Waals surface area contributed by atoms with Crippen LogP contribution in [0, 0.1) is 24.0 Å². The molecule has 18 heavy (non-hydrogen) atoms. The fourth-order valence-electron chi connectivity index (χ4n) is 2.42. The van der Waals surface area contributed by atoms with E-state index in [1.54, 1.807) is 0 Å². The minimum atomic E-state index is -0.497. The molecule has 0 amide bonds. The molecule has 1 aromatic heterocycles. The van der Waals surface area contributed by atoms with Gasteiger partial charge in [0.25, 0.3) is 0 Å². The predicted octanol–water partition coefficient (Wildman–Crippen LogP) is 3.38. The maximum Gasteiger partial charge on any atom is 0.216 e. The Hall–Kier alpha value is -1.84. The summed E-state index contributed by atoms with van der Waals surface area (Å²) in [5, 5.41) is 12.1. The number of hydrogen-bond donors (Lipinski definition) is 1. The lowest BCUT2D eigenvalue weighted by Gasteiger charge is -2.07. The zero-order valence-electron chi connectivity index (χ0n) is 11.0. The maximum absolute atomic E-state index is 11.0. The number of aromatic nitrogens is 1. The first-order valence-corrected chi connectivity index (χ1v) is 6.24. The van der Waals surface area contributed by atoms with Crippen LogP contribution in [0.5, 0.6) is 0 Å². The van der Waals surface area contributed by atoms with Gasteiger partial charge in [0.05, 0.1) is 0 Å². The maximum atomic E-state index is 11.0. The van der Waals surface area contributed by atoms with E-state index in [2.05, 4.69) is 4.98 Å². The molecule has 0 saturated carbocycles. The number of aromatic amines is 1. The first-order valence-electron chi connectivity index (χ1n) is 6.24. The highest BCUT2D eigenvalue weighted by Gasteiger charge is 2.21. The van der Waals surface area contributed by atoms with Gasteiger partial charge in [-0.3, -0.25) is 10.1 Å². The van der Waals surface area contributed by atoms with Crippen molar-refractivity contribution in [2.45, 2.75) is 39.7 Å². The van der Waals surface area contributed by atoms with Crippen molar-refractivity contribution in [1.82, 2.24) is 4.98 Å². The molecule has 0 aliphatic carbocycles. The minimum absolute atomic E-state index is 0.173. The predicted molar refractivity (Wildman–Crippen MR) is 72.6 cm³/mol. The summed E-state index contributed by atoms with van der Waals surface area (Å²) >= 11 is 0. The van der Waals surface area contributed by atoms with Crippen molar-refractivity contribution >= 4 is 10.9 Å². The molecule has 0 radical (unpaired) electrons. The minimum Gasteiger partial charge on any atom is -0.358 e. The Morgan fingerprint density at radius 3 is 2.72 bits per heavy atom. The zero-order chi connectivity index (χ0) is 13.3. The highest BCUT2D eigenvalue weighted by atomic mass is 16.6. The quantitative estimate of drug-likeness (QED) is 0.664. The van der Waals surface area contributed by atoms with E-state index in [4.69, 9.17) is 0 Å². The first-order chi connectivity index (χ1) is 8.54. The monoisotopic (exact) mass is 246 g/mol. The van der Waals surface area contributed by atoms with E-state index in [-0.39, 0.29) is 4.92 Å². The summed E-state index contributed by atoms with van der Waals surface area (Å²) in [5.41, 5.74) is 4.40. The summed E-state index contributed by atoms with van der Waals surface area (Å²) in [6.45, 7) is 5.90. The van der Waals surface area contributed by atoms with E-state index in [1.807, 2.05) is 39.0 Å². The smallest absolute Gasteiger partial charge is 0.216 e. The van der Waals surface area contributed by atoms with Crippen LogP contribution >= 0.6 is 0 Å². The Balaban J connectivity index is 2.47. The molecule has 1 heterocycles. The molecule has 0 spiro atoms. The highest BCUT2D eigenvalue weighted by Crippen LogP contribution is 2.26. The molecule has 0 saturated heterocycles. The normalized spacial score (nSPS) is 12.8. The van der Waals surface area contributed by atoms with Gasteiger partial charge in [-0.25, -0.2) is 0 Å². The average molecular weight is 246 g/mol. The molecule has 2 aromatic rings. The van der Waals surface area contributed by atoms with Crippen LogP contribution in [0.25, 0.3) is 10.9 Å². The van der Waals surface area contributed by atoms with Crippen LogP contribution in [0.3, 0.4) is 0 Å². The summed E-state index contributed by atoms with van der Waals surface area (Å²) in [6, 6.07) is 5.59. The Kier molecular flexibility index (Phi) is 3.36. The summed E-state index contributed by atoms with van der Waals surface area (Å²) < 4.78 is 0. The number of para-hydroxylation sites is 1. The summed E-state index contributed by atoms with van der Waals surface area (Å²) in [7, 11) is 0.